The zero-order chi connectivity index (χ0) is 31.5. The third kappa shape index (κ3) is 5.67. The van der Waals surface area contributed by atoms with Crippen LogP contribution < -0.4 is 15.4 Å². The summed E-state index contributed by atoms with van der Waals surface area (Å²) in [6, 6.07) is 19.5. The van der Waals surface area contributed by atoms with Crippen molar-refractivity contribution in [3.63, 3.8) is 0 Å². The Kier molecular flexibility index (Phi) is 9.06. The Hall–Kier alpha value is -4.63. The highest BCUT2D eigenvalue weighted by molar-refractivity contribution is 6.30. The molecule has 0 aromatic heterocycles. The van der Waals surface area contributed by atoms with E-state index in [-0.39, 0.29) is 36.6 Å². The Morgan fingerprint density at radius 2 is 1.68 bits per heavy atom. The van der Waals surface area contributed by atoms with Crippen molar-refractivity contribution in [2.75, 3.05) is 25.2 Å². The summed E-state index contributed by atoms with van der Waals surface area (Å²) in [4.78, 5) is 43.6. The highest BCUT2D eigenvalue weighted by Crippen LogP contribution is 2.52. The van der Waals surface area contributed by atoms with E-state index in [1.807, 2.05) is 6.07 Å². The summed E-state index contributed by atoms with van der Waals surface area (Å²) < 4.78 is 30.9. The van der Waals surface area contributed by atoms with Crippen molar-refractivity contribution in [3.8, 4) is 5.75 Å². The summed E-state index contributed by atoms with van der Waals surface area (Å²) >= 11 is 6.39. The predicted molar refractivity (Wildman–Crippen MR) is 163 cm³/mol. The molecule has 2 aliphatic rings. The molecule has 3 atom stereocenters. The molecule has 1 aliphatic heterocycles. The number of allylic oxidation sites excluding steroid dienone is 2. The van der Waals surface area contributed by atoms with Gasteiger partial charge >= 0.3 is 11.9 Å². The number of rotatable bonds is 8. The number of hydrogen-bond acceptors (Lipinski definition) is 8. The number of halogens is 2. The number of benzene rings is 3. The molecule has 8 nitrogen and oxygen atoms in total. The van der Waals surface area contributed by atoms with Crippen LogP contribution in [0.15, 0.2) is 95.5 Å². The third-order valence-corrected chi connectivity index (χ3v) is 8.08. The monoisotopic (exact) mass is 618 g/mol. The molecular formula is C34H32ClFN2O6. The molecule has 1 aliphatic carbocycles. The Morgan fingerprint density at radius 3 is 2.36 bits per heavy atom. The van der Waals surface area contributed by atoms with E-state index in [0.29, 0.717) is 33.3 Å². The molecule has 44 heavy (non-hydrogen) atoms. The Labute approximate surface area is 259 Å². The predicted octanol–water partition coefficient (Wildman–Crippen LogP) is 6.01. The van der Waals surface area contributed by atoms with Crippen molar-refractivity contribution in [1.82, 2.24) is 0 Å². The molecule has 5 rings (SSSR count). The second-order valence-electron chi connectivity index (χ2n) is 10.4. The van der Waals surface area contributed by atoms with Crippen molar-refractivity contribution in [2.45, 2.75) is 32.1 Å². The maximum absolute atomic E-state index is 14.8. The van der Waals surface area contributed by atoms with Gasteiger partial charge in [0.15, 0.2) is 5.78 Å². The van der Waals surface area contributed by atoms with Gasteiger partial charge in [0.05, 0.1) is 37.5 Å². The van der Waals surface area contributed by atoms with Gasteiger partial charge in [-0.25, -0.2) is 9.18 Å². The summed E-state index contributed by atoms with van der Waals surface area (Å²) in [7, 11) is 1.53. The normalized spacial score (nSPS) is 19.9. The number of nitrogens with zero attached hydrogens (tertiary/aromatic N) is 1. The maximum atomic E-state index is 14.8. The summed E-state index contributed by atoms with van der Waals surface area (Å²) in [6.45, 7) is 3.43. The molecule has 2 N–H and O–H groups in total. The van der Waals surface area contributed by atoms with Crippen LogP contribution in [0.25, 0.3) is 0 Å². The lowest BCUT2D eigenvalue weighted by Gasteiger charge is -2.44. The SMILES string of the molecule is CCOC(=O)C1=C(N)N(c2cccc(F)c2)C2=C(C(=O)[C@H](C(=O)OCC)[C@H](c3cccc(OC)c3)C2)[C@@H]1c1cccc(Cl)c1. The lowest BCUT2D eigenvalue weighted by molar-refractivity contribution is -0.152. The van der Waals surface area contributed by atoms with Gasteiger partial charge in [0.2, 0.25) is 0 Å². The zero-order valence-corrected chi connectivity index (χ0v) is 25.3. The van der Waals surface area contributed by atoms with E-state index in [1.165, 1.54) is 30.2 Å². The van der Waals surface area contributed by atoms with E-state index in [4.69, 9.17) is 31.5 Å². The number of anilines is 1. The molecule has 0 fully saturated rings. The van der Waals surface area contributed by atoms with Gasteiger partial charge in [-0.2, -0.15) is 0 Å². The summed E-state index contributed by atoms with van der Waals surface area (Å²) in [5.41, 5.74) is 8.85. The van der Waals surface area contributed by atoms with E-state index >= 15 is 0 Å². The fourth-order valence-electron chi connectivity index (χ4n) is 6.05. The zero-order valence-electron chi connectivity index (χ0n) is 24.5. The number of ether oxygens (including phenoxy) is 3. The van der Waals surface area contributed by atoms with E-state index in [2.05, 4.69) is 0 Å². The molecule has 10 heteroatoms. The Bertz CT molecular complexity index is 1690. The molecule has 3 aromatic rings. The van der Waals surface area contributed by atoms with E-state index in [0.717, 1.165) is 0 Å². The fraction of sp³-hybridized carbons (Fsp3) is 0.265. The van der Waals surface area contributed by atoms with Gasteiger partial charge < -0.3 is 19.9 Å². The molecule has 3 aromatic carbocycles. The number of carbonyl (C=O) groups is 3. The maximum Gasteiger partial charge on any atom is 0.338 e. The number of nitrogens with two attached hydrogens (primary N) is 1. The lowest BCUT2D eigenvalue weighted by atomic mass is 9.67. The van der Waals surface area contributed by atoms with Crippen molar-refractivity contribution in [3.05, 3.63) is 117 Å². The quantitative estimate of drug-likeness (QED) is 0.241. The largest absolute Gasteiger partial charge is 0.497 e. The minimum Gasteiger partial charge on any atom is -0.497 e. The highest BCUT2D eigenvalue weighted by atomic mass is 35.5. The van der Waals surface area contributed by atoms with Crippen LogP contribution in [0, 0.1) is 11.7 Å². The smallest absolute Gasteiger partial charge is 0.338 e. The molecule has 228 valence electrons. The molecule has 0 radical (unpaired) electrons. The van der Waals surface area contributed by atoms with E-state index < -0.39 is 41.3 Å². The highest BCUT2D eigenvalue weighted by Gasteiger charge is 2.51. The van der Waals surface area contributed by atoms with E-state index in [9.17, 15) is 18.8 Å². The molecule has 0 amide bonds. The second kappa shape index (κ2) is 12.9. The Balaban J connectivity index is 1.83. The summed E-state index contributed by atoms with van der Waals surface area (Å²) in [5.74, 6) is -4.97. The van der Waals surface area contributed by atoms with Gasteiger partial charge in [-0.1, -0.05) is 41.9 Å². The third-order valence-electron chi connectivity index (χ3n) is 7.84. The van der Waals surface area contributed by atoms with Crippen LogP contribution in [-0.4, -0.2) is 38.0 Å². The molecule has 0 bridgehead atoms. The number of Topliss-reactive ketones (excluding diaryl/α,β-unsaturated/α-hetero) is 1. The van der Waals surface area contributed by atoms with Crippen molar-refractivity contribution < 1.29 is 33.0 Å². The first-order valence-electron chi connectivity index (χ1n) is 14.3. The van der Waals surface area contributed by atoms with Crippen LogP contribution in [0.1, 0.15) is 43.2 Å². The second-order valence-corrected chi connectivity index (χ2v) is 10.8. The van der Waals surface area contributed by atoms with Crippen LogP contribution in [-0.2, 0) is 23.9 Å². The van der Waals surface area contributed by atoms with E-state index in [1.54, 1.807) is 62.4 Å². The van der Waals surface area contributed by atoms with Crippen LogP contribution in [0.4, 0.5) is 10.1 Å². The molecular weight excluding hydrogens is 587 g/mol. The number of carbonyl (C=O) groups excluding carboxylic acids is 3. The summed E-state index contributed by atoms with van der Waals surface area (Å²) in [6.07, 6.45) is 0.127. The van der Waals surface area contributed by atoms with Crippen LogP contribution in [0.2, 0.25) is 5.02 Å². The number of ketones is 1. The van der Waals surface area contributed by atoms with Gasteiger partial charge in [-0.05, 0) is 73.9 Å². The number of hydrogen-bond donors (Lipinski definition) is 1. The average molecular weight is 619 g/mol. The number of methoxy groups -OCH3 is 1. The van der Waals surface area contributed by atoms with Crippen LogP contribution >= 0.6 is 11.6 Å². The van der Waals surface area contributed by atoms with Crippen molar-refractivity contribution in [2.24, 2.45) is 11.7 Å². The topological polar surface area (TPSA) is 108 Å². The van der Waals surface area contributed by atoms with Crippen LogP contribution in [0.3, 0.4) is 0 Å². The summed E-state index contributed by atoms with van der Waals surface area (Å²) in [5, 5.41) is 0.374. The first kappa shape index (κ1) is 30.8. The molecule has 0 spiro atoms. The van der Waals surface area contributed by atoms with Gasteiger partial charge in [0.25, 0.3) is 0 Å². The lowest BCUT2D eigenvalue weighted by Crippen LogP contribution is -2.46. The first-order valence-corrected chi connectivity index (χ1v) is 14.6. The van der Waals surface area contributed by atoms with Crippen molar-refractivity contribution >= 4 is 35.0 Å². The molecule has 0 saturated carbocycles. The Morgan fingerprint density at radius 1 is 0.977 bits per heavy atom. The van der Waals surface area contributed by atoms with Gasteiger partial charge in [-0.3, -0.25) is 14.5 Å². The van der Waals surface area contributed by atoms with Crippen LogP contribution in [0.5, 0.6) is 5.75 Å². The first-order chi connectivity index (χ1) is 21.2. The van der Waals surface area contributed by atoms with Gasteiger partial charge in [-0.15, -0.1) is 0 Å². The fourth-order valence-corrected chi connectivity index (χ4v) is 6.25. The minimum atomic E-state index is -1.25. The van der Waals surface area contributed by atoms with Crippen molar-refractivity contribution in [1.29, 1.82) is 0 Å². The molecule has 0 unspecified atom stereocenters. The minimum absolute atomic E-state index is 0.0204. The van der Waals surface area contributed by atoms with Gasteiger partial charge in [0, 0.05) is 22.2 Å². The van der Waals surface area contributed by atoms with Gasteiger partial charge in [0.1, 0.15) is 23.3 Å². The standard InChI is InChI=1S/C34H32ClFN2O6/c1-4-43-33(40)28-25(19-9-7-14-24(16-19)42-3)18-26-29(31(28)39)27(20-10-6-11-21(35)15-20)30(34(41)44-5-2)32(37)38(26)23-13-8-12-22(36)17-23/h6-17,25,27-28H,4-5,18,37H2,1-3H3/t25-,27-,28+/m0/s1. The average Bonchev–Trinajstić information content (AvgIpc) is 3.00. The molecule has 0 saturated heterocycles. The number of esters is 2. The molecule has 1 heterocycles.